The number of hydrogen-bond donors (Lipinski definition) is 3. The highest BCUT2D eigenvalue weighted by molar-refractivity contribution is 5.76. The number of ether oxygens (including phenoxy) is 1. The molecule has 0 rings (SSSR count). The number of rotatable bonds is 69. The summed E-state index contributed by atoms with van der Waals surface area (Å²) < 4.78 is 5.49. The number of aliphatic hydroxyl groups excluding tert-OH is 2. The second kappa shape index (κ2) is 70.6. The van der Waals surface area contributed by atoms with Crippen molar-refractivity contribution in [3.8, 4) is 0 Å². The molecule has 0 fully saturated rings. The van der Waals surface area contributed by atoms with Crippen LogP contribution in [0, 0.1) is 0 Å². The molecule has 0 aromatic carbocycles. The number of carbonyl (C=O) groups is 2. The number of nitrogens with one attached hydrogen (secondary N) is 1. The number of unbranched alkanes of at least 4 members (excludes halogenated alkanes) is 54. The first kappa shape index (κ1) is 79.1. The zero-order valence-corrected chi connectivity index (χ0v) is 54.8. The smallest absolute Gasteiger partial charge is 0.305 e. The highest BCUT2D eigenvalue weighted by atomic mass is 16.5. The molecule has 0 saturated heterocycles. The van der Waals surface area contributed by atoms with Crippen LogP contribution in [0.4, 0.5) is 0 Å². The largest absolute Gasteiger partial charge is 0.466 e. The molecule has 0 aliphatic rings. The van der Waals surface area contributed by atoms with Gasteiger partial charge >= 0.3 is 5.97 Å². The highest BCUT2D eigenvalue weighted by Crippen LogP contribution is 2.19. The van der Waals surface area contributed by atoms with Gasteiger partial charge in [0.15, 0.2) is 0 Å². The number of carbonyl (C=O) groups excluding carboxylic acids is 2. The molecule has 0 spiro atoms. The lowest BCUT2D eigenvalue weighted by molar-refractivity contribution is -0.143. The minimum atomic E-state index is -0.842. The van der Waals surface area contributed by atoms with Gasteiger partial charge in [-0.3, -0.25) is 9.59 Å². The van der Waals surface area contributed by atoms with Crippen molar-refractivity contribution in [1.82, 2.24) is 5.32 Å². The fourth-order valence-corrected chi connectivity index (χ4v) is 11.6. The lowest BCUT2D eigenvalue weighted by atomic mass is 10.0. The molecule has 0 aliphatic heterocycles. The summed E-state index contributed by atoms with van der Waals surface area (Å²) >= 11 is 0. The van der Waals surface area contributed by atoms with Crippen molar-refractivity contribution in [3.05, 3.63) is 36.5 Å². The van der Waals surface area contributed by atoms with E-state index in [2.05, 4.69) is 43.5 Å². The summed E-state index contributed by atoms with van der Waals surface area (Å²) in [6, 6.07) is -0.625. The standard InChI is InChI=1S/C75H143NO5/c1-3-5-7-9-11-13-15-17-19-21-36-39-43-47-51-55-59-63-67-73(78)72(71-77)76-74(79)68-64-60-56-52-48-44-40-37-34-32-30-28-26-24-22-23-25-27-29-31-33-35-38-42-46-50-54-58-62-66-70-81-75(80)69-65-61-57-53-49-45-41-20-18-16-14-12-10-8-6-4-2/h14,16,20,41,63,67,72-73,77-78H,3-13,15,17-19,21-40,42-62,64-66,68-71H2,1-2H3,(H,76,79)/b16-14-,41-20-,67-63+. The molecular formula is C75H143NO5. The lowest BCUT2D eigenvalue weighted by Gasteiger charge is -2.20. The van der Waals surface area contributed by atoms with E-state index < -0.39 is 12.1 Å². The molecule has 0 aromatic heterocycles. The maximum Gasteiger partial charge on any atom is 0.305 e. The molecule has 1 amide bonds. The third kappa shape index (κ3) is 67.1. The molecule has 478 valence electrons. The molecule has 2 atom stereocenters. The molecule has 81 heavy (non-hydrogen) atoms. The molecule has 0 heterocycles. The first-order valence-electron chi connectivity index (χ1n) is 36.8. The summed E-state index contributed by atoms with van der Waals surface area (Å²) in [4.78, 5) is 24.6. The summed E-state index contributed by atoms with van der Waals surface area (Å²) in [5.41, 5.74) is 0. The van der Waals surface area contributed by atoms with Gasteiger partial charge in [0.25, 0.3) is 0 Å². The topological polar surface area (TPSA) is 95.9 Å². The number of esters is 1. The van der Waals surface area contributed by atoms with E-state index in [4.69, 9.17) is 4.74 Å². The number of allylic oxidation sites excluding steroid dienone is 5. The Morgan fingerprint density at radius 2 is 0.617 bits per heavy atom. The SMILES string of the molecule is CCCCCC/C=C\C/C=C\CCCCCCCC(=O)OCCCCCCCCCCCCCCCCCCCCCCCCCCCCCCCCC(=O)NC(CO)C(O)/C=C/CCCCCCCCCCCCCCCCCC. The summed E-state index contributed by atoms with van der Waals surface area (Å²) in [6.07, 6.45) is 90.9. The van der Waals surface area contributed by atoms with Gasteiger partial charge in [0, 0.05) is 12.8 Å². The Kier molecular flexibility index (Phi) is 68.9. The van der Waals surface area contributed by atoms with Gasteiger partial charge in [-0.2, -0.15) is 0 Å². The quantitative estimate of drug-likeness (QED) is 0.0320. The van der Waals surface area contributed by atoms with Crippen molar-refractivity contribution in [3.63, 3.8) is 0 Å². The number of amides is 1. The van der Waals surface area contributed by atoms with Crippen LogP contribution >= 0.6 is 0 Å². The van der Waals surface area contributed by atoms with Crippen molar-refractivity contribution >= 4 is 11.9 Å². The van der Waals surface area contributed by atoms with E-state index in [0.29, 0.717) is 19.4 Å². The normalized spacial score (nSPS) is 12.7. The predicted octanol–water partition coefficient (Wildman–Crippen LogP) is 23.9. The van der Waals surface area contributed by atoms with Crippen molar-refractivity contribution in [2.75, 3.05) is 13.2 Å². The molecule has 2 unspecified atom stereocenters. The second-order valence-corrected chi connectivity index (χ2v) is 25.3. The molecule has 0 aliphatic carbocycles. The Labute approximate surface area is 506 Å². The Balaban J connectivity index is 3.36. The van der Waals surface area contributed by atoms with E-state index in [1.807, 2.05) is 6.08 Å². The Bertz CT molecular complexity index is 1310. The molecule has 6 heteroatoms. The van der Waals surface area contributed by atoms with Crippen LogP contribution in [0.1, 0.15) is 406 Å². The highest BCUT2D eigenvalue weighted by Gasteiger charge is 2.18. The second-order valence-electron chi connectivity index (χ2n) is 25.3. The fraction of sp³-hybridized carbons (Fsp3) is 0.893. The van der Waals surface area contributed by atoms with Gasteiger partial charge in [-0.15, -0.1) is 0 Å². The maximum atomic E-state index is 12.5. The number of aliphatic hydroxyl groups is 2. The van der Waals surface area contributed by atoms with Crippen LogP contribution in [0.2, 0.25) is 0 Å². The van der Waals surface area contributed by atoms with Crippen LogP contribution in [0.5, 0.6) is 0 Å². The maximum absolute atomic E-state index is 12.5. The van der Waals surface area contributed by atoms with Crippen LogP contribution in [0.3, 0.4) is 0 Å². The van der Waals surface area contributed by atoms with Crippen LogP contribution < -0.4 is 5.32 Å². The summed E-state index contributed by atoms with van der Waals surface area (Å²) in [7, 11) is 0. The van der Waals surface area contributed by atoms with Gasteiger partial charge in [0.05, 0.1) is 25.4 Å². The Morgan fingerprint density at radius 1 is 0.346 bits per heavy atom. The zero-order chi connectivity index (χ0) is 58.5. The van der Waals surface area contributed by atoms with E-state index in [9.17, 15) is 19.8 Å². The van der Waals surface area contributed by atoms with Crippen molar-refractivity contribution in [1.29, 1.82) is 0 Å². The molecular weight excluding hydrogens is 995 g/mol. The van der Waals surface area contributed by atoms with Crippen LogP contribution in [-0.2, 0) is 14.3 Å². The molecule has 0 radical (unpaired) electrons. The third-order valence-corrected chi connectivity index (χ3v) is 17.2. The molecule has 0 saturated carbocycles. The van der Waals surface area contributed by atoms with E-state index in [1.54, 1.807) is 6.08 Å². The summed E-state index contributed by atoms with van der Waals surface area (Å²) in [6.45, 7) is 4.92. The van der Waals surface area contributed by atoms with Crippen molar-refractivity contribution in [2.24, 2.45) is 0 Å². The van der Waals surface area contributed by atoms with Gasteiger partial charge in [-0.1, -0.05) is 365 Å². The summed E-state index contributed by atoms with van der Waals surface area (Å²) in [5.74, 6) is -0.0541. The summed E-state index contributed by atoms with van der Waals surface area (Å²) in [5, 5.41) is 23.2. The minimum absolute atomic E-state index is 0.00677. The first-order valence-corrected chi connectivity index (χ1v) is 36.8. The molecule has 0 bridgehead atoms. The average Bonchev–Trinajstić information content (AvgIpc) is 3.47. The van der Waals surface area contributed by atoms with Gasteiger partial charge < -0.3 is 20.3 Å². The predicted molar refractivity (Wildman–Crippen MR) is 356 cm³/mol. The van der Waals surface area contributed by atoms with E-state index in [-0.39, 0.29) is 18.5 Å². The van der Waals surface area contributed by atoms with Gasteiger partial charge in [0.2, 0.25) is 5.91 Å². The third-order valence-electron chi connectivity index (χ3n) is 17.2. The van der Waals surface area contributed by atoms with Crippen LogP contribution in [0.15, 0.2) is 36.5 Å². The Hall–Kier alpha value is -1.92. The lowest BCUT2D eigenvalue weighted by Crippen LogP contribution is -2.45. The first-order chi connectivity index (χ1) is 40.0. The fourth-order valence-electron chi connectivity index (χ4n) is 11.6. The van der Waals surface area contributed by atoms with Crippen LogP contribution in [0.25, 0.3) is 0 Å². The molecule has 6 nitrogen and oxygen atoms in total. The molecule has 0 aromatic rings. The van der Waals surface area contributed by atoms with E-state index in [0.717, 1.165) is 51.4 Å². The van der Waals surface area contributed by atoms with Crippen LogP contribution in [-0.4, -0.2) is 47.4 Å². The minimum Gasteiger partial charge on any atom is -0.466 e. The molecule has 3 N–H and O–H groups in total. The number of hydrogen-bond acceptors (Lipinski definition) is 5. The van der Waals surface area contributed by atoms with Gasteiger partial charge in [-0.05, 0) is 64.2 Å². The zero-order valence-electron chi connectivity index (χ0n) is 54.8. The monoisotopic (exact) mass is 1140 g/mol. The Morgan fingerprint density at radius 3 is 0.951 bits per heavy atom. The van der Waals surface area contributed by atoms with E-state index in [1.165, 1.54) is 327 Å². The van der Waals surface area contributed by atoms with Crippen molar-refractivity contribution in [2.45, 2.75) is 418 Å². The van der Waals surface area contributed by atoms with E-state index >= 15 is 0 Å². The van der Waals surface area contributed by atoms with Crippen molar-refractivity contribution < 1.29 is 24.5 Å². The van der Waals surface area contributed by atoms with Gasteiger partial charge in [-0.25, -0.2) is 0 Å². The average molecular weight is 1140 g/mol. The van der Waals surface area contributed by atoms with Gasteiger partial charge in [0.1, 0.15) is 0 Å².